The van der Waals surface area contributed by atoms with E-state index in [-0.39, 0.29) is 17.7 Å². The van der Waals surface area contributed by atoms with Crippen LogP contribution in [0, 0.1) is 0 Å². The van der Waals surface area contributed by atoms with Gasteiger partial charge in [0.1, 0.15) is 12.7 Å². The average Bonchev–Trinajstić information content (AvgIpc) is 2.64. The highest BCUT2D eigenvalue weighted by atomic mass is 32.2. The molecule has 0 fully saturated rings. The van der Waals surface area contributed by atoms with Crippen molar-refractivity contribution in [1.29, 1.82) is 0 Å². The molecule has 0 heterocycles. The molecular weight excluding hydrogens is 400 g/mol. The molecule has 0 saturated heterocycles. The lowest BCUT2D eigenvalue weighted by atomic mass is 10.1. The summed E-state index contributed by atoms with van der Waals surface area (Å²) in [5, 5.41) is -2.84. The third kappa shape index (κ3) is 5.92. The summed E-state index contributed by atoms with van der Waals surface area (Å²) in [5.74, 6) is -3.85. The van der Waals surface area contributed by atoms with Gasteiger partial charge in [-0.3, -0.25) is 13.8 Å². The second-order valence-electron chi connectivity index (χ2n) is 5.61. The fraction of sp³-hybridized carbons (Fsp3) is 0.353. The monoisotopic (exact) mass is 419 g/mol. The summed E-state index contributed by atoms with van der Waals surface area (Å²) in [5.41, 5.74) is 0.189. The van der Waals surface area contributed by atoms with Gasteiger partial charge in [-0.25, -0.2) is 4.79 Å². The van der Waals surface area contributed by atoms with Crippen LogP contribution in [0.5, 0.6) is 0 Å². The smallest absolute Gasteiger partial charge is 0.458 e. The molecule has 8 nitrogen and oxygen atoms in total. The minimum absolute atomic E-state index is 0.0457. The third-order valence-electron chi connectivity index (χ3n) is 3.26. The summed E-state index contributed by atoms with van der Waals surface area (Å²) in [4.78, 5) is 34.7. The van der Waals surface area contributed by atoms with Crippen LogP contribution in [-0.4, -0.2) is 50.6 Å². The summed E-state index contributed by atoms with van der Waals surface area (Å²) >= 11 is 0. The lowest BCUT2D eigenvalue weighted by Gasteiger charge is -2.18. The van der Waals surface area contributed by atoms with Crippen molar-refractivity contribution >= 4 is 27.8 Å². The van der Waals surface area contributed by atoms with Gasteiger partial charge in [0.2, 0.25) is 5.91 Å². The van der Waals surface area contributed by atoms with Gasteiger partial charge in [0.15, 0.2) is 5.78 Å². The fourth-order valence-electron chi connectivity index (χ4n) is 1.78. The highest BCUT2D eigenvalue weighted by Crippen LogP contribution is 2.27. The van der Waals surface area contributed by atoms with Crippen molar-refractivity contribution in [3.63, 3.8) is 0 Å². The molecule has 0 aromatic heterocycles. The third-order valence-corrected chi connectivity index (χ3v) is 4.60. The molecule has 0 bridgehead atoms. The molecule has 0 aliphatic carbocycles. The second kappa shape index (κ2) is 9.51. The number of ether oxygens (including phenoxy) is 1. The molecule has 0 aliphatic rings. The number of carbonyl (C=O) groups is 3. The second-order valence-corrected chi connectivity index (χ2v) is 7.23. The van der Waals surface area contributed by atoms with Crippen molar-refractivity contribution < 1.29 is 40.5 Å². The van der Waals surface area contributed by atoms with Gasteiger partial charge in [0.25, 0.3) is 0 Å². The first kappa shape index (κ1) is 23.4. The van der Waals surface area contributed by atoms with Crippen LogP contribution in [0.3, 0.4) is 0 Å². The molecule has 0 aliphatic heterocycles. The van der Waals surface area contributed by atoms with E-state index in [2.05, 4.69) is 20.8 Å². The Morgan fingerprint density at radius 2 is 1.79 bits per heavy atom. The van der Waals surface area contributed by atoms with Crippen molar-refractivity contribution in [2.45, 2.75) is 25.2 Å². The molecule has 0 spiro atoms. The number of Topliss-reactive ketones (excluding diaryl/α,β-unsaturated/α-hetero) is 1. The van der Waals surface area contributed by atoms with Gasteiger partial charge in [-0.2, -0.15) is 17.2 Å². The molecule has 1 rings (SSSR count). The Kier molecular flexibility index (Phi) is 7.94. The lowest BCUT2D eigenvalue weighted by Crippen LogP contribution is -2.43. The van der Waals surface area contributed by atoms with Crippen LogP contribution in [-0.2, 0) is 28.6 Å². The predicted octanol–water partition coefficient (Wildman–Crippen LogP) is 1.43. The summed E-state index contributed by atoms with van der Waals surface area (Å²) in [6.07, 6.45) is -1.79. The Morgan fingerprint density at radius 3 is 2.32 bits per heavy atom. The number of hydrogen-bond acceptors (Lipinski definition) is 7. The van der Waals surface area contributed by atoms with Crippen LogP contribution < -0.4 is 5.32 Å². The van der Waals surface area contributed by atoms with Crippen LogP contribution in [0.4, 0.5) is 8.78 Å². The molecule has 1 atom stereocenters. The maximum Gasteiger partial charge on any atom is 0.466 e. The first-order chi connectivity index (χ1) is 12.9. The predicted molar refractivity (Wildman–Crippen MR) is 94.0 cm³/mol. The number of nitrogens with one attached hydrogen (secondary N) is 1. The normalized spacial score (nSPS) is 12.7. The number of amides is 1. The number of ketones is 1. The van der Waals surface area contributed by atoms with E-state index in [0.29, 0.717) is 0 Å². The van der Waals surface area contributed by atoms with Gasteiger partial charge in [-0.1, -0.05) is 36.9 Å². The Balaban J connectivity index is 2.71. The van der Waals surface area contributed by atoms with E-state index >= 15 is 0 Å². The summed E-state index contributed by atoms with van der Waals surface area (Å²) in [6.45, 7) is 4.66. The highest BCUT2D eigenvalue weighted by Gasteiger charge is 2.56. The molecule has 1 amide bonds. The van der Waals surface area contributed by atoms with Crippen molar-refractivity contribution in [3.05, 3.63) is 48.0 Å². The molecule has 0 saturated carbocycles. The van der Waals surface area contributed by atoms with Crippen LogP contribution in [0.25, 0.3) is 0 Å². The number of esters is 1. The topological polar surface area (TPSA) is 116 Å². The van der Waals surface area contributed by atoms with Crippen molar-refractivity contribution in [2.24, 2.45) is 0 Å². The largest absolute Gasteiger partial charge is 0.466 e. The van der Waals surface area contributed by atoms with Gasteiger partial charge in [0, 0.05) is 11.1 Å². The maximum atomic E-state index is 13.9. The van der Waals surface area contributed by atoms with Gasteiger partial charge in [-0.15, -0.1) is 0 Å². The minimum Gasteiger partial charge on any atom is -0.458 e. The van der Waals surface area contributed by atoms with Crippen LogP contribution >= 0.6 is 0 Å². The quantitative estimate of drug-likeness (QED) is 0.201. The molecular formula is C17H19F2NO7S. The van der Waals surface area contributed by atoms with Crippen LogP contribution in [0.1, 0.15) is 24.2 Å². The molecule has 1 unspecified atom stereocenters. The number of hydrogen-bond donors (Lipinski definition) is 1. The van der Waals surface area contributed by atoms with Crippen LogP contribution in [0.15, 0.2) is 42.5 Å². The van der Waals surface area contributed by atoms with Crippen molar-refractivity contribution in [1.82, 2.24) is 5.32 Å². The van der Waals surface area contributed by atoms with E-state index < -0.39 is 45.7 Å². The standard InChI is InChI=1S/C17H19F2NO7S/c1-11(2)15(22)20-9-10-26-16(23)17(18,19)28(24,25)27-12(3)14(21)13-7-5-4-6-8-13/h4-8,12H,1,9-10H2,2-3H3,(H,20,22). The Labute approximate surface area is 160 Å². The van der Waals surface area contributed by atoms with Crippen molar-refractivity contribution in [2.75, 3.05) is 13.2 Å². The van der Waals surface area contributed by atoms with E-state index in [1.54, 1.807) is 6.07 Å². The Hall–Kier alpha value is -2.66. The van der Waals surface area contributed by atoms with E-state index in [9.17, 15) is 31.6 Å². The number of carbonyl (C=O) groups excluding carboxylic acids is 3. The van der Waals surface area contributed by atoms with Gasteiger partial charge in [0.05, 0.1) is 6.54 Å². The number of halogens is 2. The van der Waals surface area contributed by atoms with E-state index in [1.807, 2.05) is 0 Å². The summed E-state index contributed by atoms with van der Waals surface area (Å²) in [6, 6.07) is 7.28. The number of alkyl halides is 2. The minimum atomic E-state index is -5.81. The maximum absolute atomic E-state index is 13.9. The molecule has 1 aromatic rings. The summed E-state index contributed by atoms with van der Waals surface area (Å²) < 4.78 is 59.8. The molecule has 1 N–H and O–H groups in total. The zero-order chi connectivity index (χ0) is 21.5. The zero-order valence-corrected chi connectivity index (χ0v) is 15.9. The van der Waals surface area contributed by atoms with Gasteiger partial charge >= 0.3 is 21.3 Å². The van der Waals surface area contributed by atoms with E-state index in [1.165, 1.54) is 31.2 Å². The van der Waals surface area contributed by atoms with Gasteiger partial charge < -0.3 is 10.1 Å². The average molecular weight is 419 g/mol. The zero-order valence-electron chi connectivity index (χ0n) is 15.1. The molecule has 11 heteroatoms. The highest BCUT2D eigenvalue weighted by molar-refractivity contribution is 7.88. The molecule has 0 radical (unpaired) electrons. The van der Waals surface area contributed by atoms with Gasteiger partial charge in [-0.05, 0) is 13.8 Å². The van der Waals surface area contributed by atoms with Crippen LogP contribution in [0.2, 0.25) is 0 Å². The Morgan fingerprint density at radius 1 is 1.21 bits per heavy atom. The molecule has 28 heavy (non-hydrogen) atoms. The number of rotatable bonds is 10. The van der Waals surface area contributed by atoms with E-state index in [0.717, 1.165) is 6.92 Å². The first-order valence-corrected chi connectivity index (χ1v) is 9.32. The number of benzene rings is 1. The fourth-order valence-corrected chi connectivity index (χ4v) is 2.63. The molecule has 154 valence electrons. The van der Waals surface area contributed by atoms with E-state index in [4.69, 9.17) is 0 Å². The Bertz CT molecular complexity index is 854. The SMILES string of the molecule is C=C(C)C(=O)NCCOC(=O)C(F)(F)S(=O)(=O)OC(C)C(=O)c1ccccc1. The lowest BCUT2D eigenvalue weighted by molar-refractivity contribution is -0.161. The molecule has 1 aromatic carbocycles. The van der Waals surface area contributed by atoms with Crippen molar-refractivity contribution in [3.8, 4) is 0 Å². The summed E-state index contributed by atoms with van der Waals surface area (Å²) in [7, 11) is -5.81. The first-order valence-electron chi connectivity index (χ1n) is 7.91.